The molecule has 2 heterocycles. The Morgan fingerprint density at radius 2 is 1.62 bits per heavy atom. The zero-order chi connectivity index (χ0) is 32.2. The number of hydrogen-bond donors (Lipinski definition) is 0. The van der Waals surface area contributed by atoms with Gasteiger partial charge < -0.3 is 14.2 Å². The highest BCUT2D eigenvalue weighted by molar-refractivity contribution is 9.11. The average Bonchev–Trinajstić information content (AvgIpc) is 3.30. The van der Waals surface area contributed by atoms with E-state index in [-0.39, 0.29) is 24.7 Å². The molecule has 0 N–H and O–H groups in total. The monoisotopic (exact) mass is 752 g/mol. The van der Waals surface area contributed by atoms with E-state index < -0.39 is 12.0 Å². The third kappa shape index (κ3) is 7.05. The minimum atomic E-state index is -0.689. The van der Waals surface area contributed by atoms with Crippen LogP contribution in [0.2, 0.25) is 0 Å². The van der Waals surface area contributed by atoms with Crippen molar-refractivity contribution >= 4 is 61.2 Å². The van der Waals surface area contributed by atoms with Gasteiger partial charge in [0.25, 0.3) is 5.56 Å². The topological polar surface area (TPSA) is 96.2 Å². The second kappa shape index (κ2) is 14.1. The smallest absolute Gasteiger partial charge is 0.338 e. The lowest BCUT2D eigenvalue weighted by Gasteiger charge is -2.24. The molecule has 0 saturated heterocycles. The Balaban J connectivity index is 1.56. The van der Waals surface area contributed by atoms with Crippen LogP contribution in [0.15, 0.2) is 90.7 Å². The molecular weight excluding hydrogens is 724 g/mol. The number of thiazole rings is 1. The molecule has 0 aliphatic carbocycles. The Bertz CT molecular complexity index is 1980. The third-order valence-corrected chi connectivity index (χ3v) is 9.11. The first-order chi connectivity index (χ1) is 21.6. The number of halogens is 2. The average molecular weight is 754 g/mol. The van der Waals surface area contributed by atoms with Gasteiger partial charge in [0.05, 0.1) is 45.1 Å². The Hall–Kier alpha value is -3.80. The number of fused-ring (bicyclic) bond motifs is 1. The molecule has 1 aliphatic rings. The van der Waals surface area contributed by atoms with Gasteiger partial charge in [0.15, 0.2) is 4.80 Å². The van der Waals surface area contributed by atoms with Crippen molar-refractivity contribution < 1.29 is 23.8 Å². The van der Waals surface area contributed by atoms with Crippen LogP contribution in [0.3, 0.4) is 0 Å². The van der Waals surface area contributed by atoms with Gasteiger partial charge in [-0.15, -0.1) is 0 Å². The molecule has 1 aliphatic heterocycles. The zero-order valence-electron chi connectivity index (χ0n) is 25.1. The highest BCUT2D eigenvalue weighted by atomic mass is 79.9. The number of benzene rings is 3. The minimum Gasteiger partial charge on any atom is -0.487 e. The Morgan fingerprint density at radius 3 is 2.29 bits per heavy atom. The van der Waals surface area contributed by atoms with Crippen LogP contribution in [0.1, 0.15) is 59.4 Å². The van der Waals surface area contributed by atoms with Crippen molar-refractivity contribution in [2.24, 2.45) is 4.99 Å². The highest BCUT2D eigenvalue weighted by Crippen LogP contribution is 2.35. The van der Waals surface area contributed by atoms with E-state index in [9.17, 15) is 14.4 Å². The second-order valence-electron chi connectivity index (χ2n) is 10.2. The molecule has 0 fully saturated rings. The summed E-state index contributed by atoms with van der Waals surface area (Å²) in [5, 5.41) is 0. The predicted molar refractivity (Wildman–Crippen MR) is 180 cm³/mol. The number of aromatic nitrogens is 1. The van der Waals surface area contributed by atoms with E-state index in [4.69, 9.17) is 14.2 Å². The van der Waals surface area contributed by atoms with Crippen LogP contribution in [0, 0.1) is 6.92 Å². The first-order valence-electron chi connectivity index (χ1n) is 14.2. The van der Waals surface area contributed by atoms with Crippen LogP contribution < -0.4 is 19.6 Å². The summed E-state index contributed by atoms with van der Waals surface area (Å²) in [6, 6.07) is 17.8. The van der Waals surface area contributed by atoms with E-state index in [1.807, 2.05) is 55.5 Å². The van der Waals surface area contributed by atoms with Gasteiger partial charge in [-0.1, -0.05) is 69.2 Å². The maximum Gasteiger partial charge on any atom is 0.338 e. The molecule has 0 bridgehead atoms. The lowest BCUT2D eigenvalue weighted by Crippen LogP contribution is -2.39. The van der Waals surface area contributed by atoms with E-state index in [1.165, 1.54) is 11.3 Å². The van der Waals surface area contributed by atoms with E-state index in [0.717, 1.165) is 21.2 Å². The van der Waals surface area contributed by atoms with Crippen molar-refractivity contribution in [1.82, 2.24) is 4.57 Å². The Labute approximate surface area is 280 Å². The van der Waals surface area contributed by atoms with Crippen molar-refractivity contribution in [3.8, 4) is 5.75 Å². The molecule has 0 saturated carbocycles. The molecule has 0 radical (unpaired) electrons. The molecular formula is C34H30Br2N2O6S. The quantitative estimate of drug-likeness (QED) is 0.184. The number of esters is 2. The number of ether oxygens (including phenoxy) is 3. The van der Waals surface area contributed by atoms with Crippen LogP contribution >= 0.6 is 43.2 Å². The normalized spacial score (nSPS) is 14.5. The molecule has 1 atom stereocenters. The molecule has 1 aromatic heterocycles. The Kier molecular flexibility index (Phi) is 10.2. The van der Waals surface area contributed by atoms with E-state index in [1.54, 1.807) is 43.5 Å². The molecule has 0 spiro atoms. The van der Waals surface area contributed by atoms with Crippen molar-refractivity contribution in [2.45, 2.75) is 40.3 Å². The molecule has 11 heteroatoms. The molecule has 4 aromatic rings. The summed E-state index contributed by atoms with van der Waals surface area (Å²) in [7, 11) is 0. The van der Waals surface area contributed by atoms with E-state index >= 15 is 0 Å². The number of allylic oxidation sites excluding steroid dienone is 1. The van der Waals surface area contributed by atoms with Crippen LogP contribution in [0.5, 0.6) is 5.75 Å². The summed E-state index contributed by atoms with van der Waals surface area (Å²) in [5.41, 5.74) is 4.39. The zero-order valence-corrected chi connectivity index (χ0v) is 29.0. The van der Waals surface area contributed by atoms with Crippen LogP contribution in [0.4, 0.5) is 0 Å². The fourth-order valence-electron chi connectivity index (χ4n) is 4.94. The summed E-state index contributed by atoms with van der Waals surface area (Å²) in [6.07, 6.45) is 1.77. The largest absolute Gasteiger partial charge is 0.487 e. The minimum absolute atomic E-state index is 0.205. The van der Waals surface area contributed by atoms with Gasteiger partial charge in [0.1, 0.15) is 12.4 Å². The van der Waals surface area contributed by atoms with Crippen molar-refractivity contribution in [3.63, 3.8) is 0 Å². The lowest BCUT2D eigenvalue weighted by molar-refractivity contribution is -0.139. The number of rotatable bonds is 9. The van der Waals surface area contributed by atoms with Gasteiger partial charge in [0, 0.05) is 10.0 Å². The SMILES string of the molecule is CCOC(=O)C1=C(C)N=c2s/c(=C\c3cc(Br)cc(Br)c3OCc3ccc(C(=O)OCC)cc3)c(=O)n2[C@@H]1c1ccc(C)cc1. The van der Waals surface area contributed by atoms with Crippen molar-refractivity contribution in [3.05, 3.63) is 128 Å². The number of aryl methyl sites for hydroxylation is 1. The van der Waals surface area contributed by atoms with Gasteiger partial charge >= 0.3 is 11.9 Å². The summed E-state index contributed by atoms with van der Waals surface area (Å²) >= 11 is 8.41. The van der Waals surface area contributed by atoms with Gasteiger partial charge in [-0.25, -0.2) is 14.6 Å². The molecule has 0 unspecified atom stereocenters. The molecule has 0 amide bonds. The Morgan fingerprint density at radius 1 is 0.956 bits per heavy atom. The summed E-state index contributed by atoms with van der Waals surface area (Å²) < 4.78 is 20.2. The summed E-state index contributed by atoms with van der Waals surface area (Å²) in [6.45, 7) is 8.00. The van der Waals surface area contributed by atoms with E-state index in [2.05, 4.69) is 36.9 Å². The molecule has 45 heavy (non-hydrogen) atoms. The predicted octanol–water partition coefficient (Wildman–Crippen LogP) is 6.39. The molecule has 232 valence electrons. The van der Waals surface area contributed by atoms with Gasteiger partial charge in [-0.3, -0.25) is 9.36 Å². The van der Waals surface area contributed by atoms with Crippen LogP contribution in [-0.4, -0.2) is 29.7 Å². The lowest BCUT2D eigenvalue weighted by atomic mass is 9.95. The first-order valence-corrected chi connectivity index (χ1v) is 16.7. The number of carbonyl (C=O) groups is 2. The molecule has 5 rings (SSSR count). The van der Waals surface area contributed by atoms with Crippen LogP contribution in [0.25, 0.3) is 6.08 Å². The maximum atomic E-state index is 14.1. The third-order valence-electron chi connectivity index (χ3n) is 7.08. The number of carbonyl (C=O) groups excluding carboxylic acids is 2. The second-order valence-corrected chi connectivity index (χ2v) is 13.0. The summed E-state index contributed by atoms with van der Waals surface area (Å²) in [5.74, 6) is -0.337. The van der Waals surface area contributed by atoms with Gasteiger partial charge in [-0.05, 0) is 85.1 Å². The van der Waals surface area contributed by atoms with Crippen LogP contribution in [-0.2, 0) is 20.9 Å². The number of nitrogens with zero attached hydrogens (tertiary/aromatic N) is 2. The molecule has 3 aromatic carbocycles. The van der Waals surface area contributed by atoms with E-state index in [0.29, 0.717) is 48.6 Å². The fourth-order valence-corrected chi connectivity index (χ4v) is 7.35. The molecule has 8 nitrogen and oxygen atoms in total. The summed E-state index contributed by atoms with van der Waals surface area (Å²) in [4.78, 5) is 44.4. The first kappa shape index (κ1) is 32.6. The van der Waals surface area contributed by atoms with Gasteiger partial charge in [0.2, 0.25) is 0 Å². The number of hydrogen-bond acceptors (Lipinski definition) is 8. The van der Waals surface area contributed by atoms with Gasteiger partial charge in [-0.2, -0.15) is 0 Å². The highest BCUT2D eigenvalue weighted by Gasteiger charge is 2.33. The standard InChI is InChI=1S/C34H30Br2N2O6S/c1-5-42-32(40)23-13-9-21(10-14-23)18-44-30-24(15-25(35)17-26(30)36)16-27-31(39)38-29(22-11-7-19(3)8-12-22)28(33(41)43-6-2)20(4)37-34(38)45-27/h7-17,29H,5-6,18H2,1-4H3/b27-16-/t29-/m1/s1. The van der Waals surface area contributed by atoms with Crippen molar-refractivity contribution in [1.29, 1.82) is 0 Å². The maximum absolute atomic E-state index is 14.1. The fraction of sp³-hybridized carbons (Fsp3) is 0.235. The van der Waals surface area contributed by atoms with Crippen molar-refractivity contribution in [2.75, 3.05) is 13.2 Å².